The summed E-state index contributed by atoms with van der Waals surface area (Å²) >= 11 is 0. The second kappa shape index (κ2) is 6.70. The molecular weight excluding hydrogens is 224 g/mol. The van der Waals surface area contributed by atoms with Gasteiger partial charge < -0.3 is 19.9 Å². The highest BCUT2D eigenvalue weighted by Crippen LogP contribution is 2.12. The molecule has 1 aromatic rings. The Kier molecular flexibility index (Phi) is 5.22. The number of carbonyl (C=O) groups excluding carboxylic acids is 1. The molecule has 0 amide bonds. The van der Waals surface area contributed by atoms with Crippen LogP contribution in [0.15, 0.2) is 18.2 Å². The van der Waals surface area contributed by atoms with Crippen LogP contribution < -0.4 is 10.1 Å². The van der Waals surface area contributed by atoms with E-state index in [1.165, 1.54) is 7.11 Å². The summed E-state index contributed by atoms with van der Waals surface area (Å²) in [6, 6.07) is 4.30. The molecule has 17 heavy (non-hydrogen) atoms. The quantitative estimate of drug-likeness (QED) is 0.702. The molecule has 1 heterocycles. The number of hydrogen-bond donors (Lipinski definition) is 2. The van der Waals surface area contributed by atoms with Crippen LogP contribution in [0.25, 0.3) is 0 Å². The van der Waals surface area contributed by atoms with Gasteiger partial charge in [0.25, 0.3) is 0 Å². The molecule has 94 valence electrons. The normalized spacial score (nSPS) is 11.7. The third kappa shape index (κ3) is 3.92. The molecular formula is C11H16N2O4. The Morgan fingerprint density at radius 1 is 1.59 bits per heavy atom. The van der Waals surface area contributed by atoms with Gasteiger partial charge in [0.1, 0.15) is 11.9 Å². The molecule has 2 N–H and O–H groups in total. The number of anilines is 1. The molecule has 0 spiro atoms. The predicted octanol–water partition coefficient (Wildman–Crippen LogP) is 0.426. The van der Waals surface area contributed by atoms with E-state index in [1.807, 2.05) is 6.92 Å². The van der Waals surface area contributed by atoms with Gasteiger partial charge in [-0.15, -0.1) is 0 Å². The van der Waals surface area contributed by atoms with E-state index in [-0.39, 0.29) is 6.61 Å². The van der Waals surface area contributed by atoms with Gasteiger partial charge in [0.2, 0.25) is 5.88 Å². The zero-order chi connectivity index (χ0) is 12.7. The van der Waals surface area contributed by atoms with Gasteiger partial charge in [0.15, 0.2) is 0 Å². The van der Waals surface area contributed by atoms with Gasteiger partial charge in [-0.25, -0.2) is 4.79 Å². The molecule has 1 unspecified atom stereocenters. The minimum atomic E-state index is -0.829. The van der Waals surface area contributed by atoms with Crippen LogP contribution >= 0.6 is 0 Å². The second-order valence-electron chi connectivity index (χ2n) is 3.20. The van der Waals surface area contributed by atoms with Crippen molar-refractivity contribution in [3.05, 3.63) is 18.2 Å². The zero-order valence-corrected chi connectivity index (χ0v) is 9.84. The van der Waals surface area contributed by atoms with Gasteiger partial charge in [-0.05, 0) is 13.0 Å². The molecule has 1 rings (SSSR count). The number of esters is 1. The molecule has 0 saturated carbocycles. The van der Waals surface area contributed by atoms with Crippen molar-refractivity contribution in [2.24, 2.45) is 0 Å². The van der Waals surface area contributed by atoms with Crippen molar-refractivity contribution in [1.29, 1.82) is 0 Å². The lowest BCUT2D eigenvalue weighted by molar-refractivity contribution is -0.142. The molecule has 0 aromatic carbocycles. The van der Waals surface area contributed by atoms with Crippen LogP contribution in [-0.2, 0) is 9.53 Å². The third-order valence-electron chi connectivity index (χ3n) is 2.01. The van der Waals surface area contributed by atoms with Crippen molar-refractivity contribution in [3.8, 4) is 5.88 Å². The molecule has 1 aromatic heterocycles. The first-order valence-corrected chi connectivity index (χ1v) is 5.26. The van der Waals surface area contributed by atoms with Gasteiger partial charge in [-0.2, -0.15) is 4.98 Å². The van der Waals surface area contributed by atoms with E-state index in [1.54, 1.807) is 18.2 Å². The number of aliphatic hydroxyl groups excluding tert-OH is 1. The smallest absolute Gasteiger partial charge is 0.330 e. The molecule has 6 nitrogen and oxygen atoms in total. The fourth-order valence-electron chi connectivity index (χ4n) is 1.22. The van der Waals surface area contributed by atoms with E-state index in [4.69, 9.17) is 9.84 Å². The Labute approximate surface area is 99.6 Å². The number of methoxy groups -OCH3 is 1. The number of nitrogens with one attached hydrogen (secondary N) is 1. The molecule has 0 bridgehead atoms. The van der Waals surface area contributed by atoms with E-state index >= 15 is 0 Å². The van der Waals surface area contributed by atoms with E-state index in [9.17, 15) is 4.79 Å². The van der Waals surface area contributed by atoms with E-state index in [0.717, 1.165) is 0 Å². The van der Waals surface area contributed by atoms with E-state index < -0.39 is 12.0 Å². The number of nitrogens with zero attached hydrogens (tertiary/aromatic N) is 1. The molecule has 0 saturated heterocycles. The second-order valence-corrected chi connectivity index (χ2v) is 3.20. The van der Waals surface area contributed by atoms with Crippen molar-refractivity contribution in [2.75, 3.05) is 25.6 Å². The molecule has 0 aliphatic heterocycles. The summed E-state index contributed by atoms with van der Waals surface area (Å²) in [5.41, 5.74) is 0. The number of rotatable bonds is 6. The largest absolute Gasteiger partial charge is 0.478 e. The molecule has 1 atom stereocenters. The van der Waals surface area contributed by atoms with Crippen LogP contribution in [-0.4, -0.2) is 42.4 Å². The maximum atomic E-state index is 11.3. The van der Waals surface area contributed by atoms with Crippen LogP contribution in [0.3, 0.4) is 0 Å². The Balaban J connectivity index is 2.72. The number of carbonyl (C=O) groups is 1. The third-order valence-corrected chi connectivity index (χ3v) is 2.01. The van der Waals surface area contributed by atoms with Crippen molar-refractivity contribution >= 4 is 11.8 Å². The maximum Gasteiger partial charge on any atom is 0.330 e. The summed E-state index contributed by atoms with van der Waals surface area (Å²) in [5.74, 6) is 0.357. The summed E-state index contributed by atoms with van der Waals surface area (Å²) < 4.78 is 9.75. The van der Waals surface area contributed by atoms with Crippen molar-refractivity contribution in [3.63, 3.8) is 0 Å². The van der Waals surface area contributed by atoms with Crippen LogP contribution in [0.2, 0.25) is 0 Å². The first-order valence-electron chi connectivity index (χ1n) is 5.26. The summed E-state index contributed by atoms with van der Waals surface area (Å²) in [5, 5.41) is 11.8. The SMILES string of the molecule is CCOc1cccc(NC(CO)C(=O)OC)n1. The highest BCUT2D eigenvalue weighted by molar-refractivity contribution is 5.78. The average molecular weight is 240 g/mol. The minimum absolute atomic E-state index is 0.368. The minimum Gasteiger partial charge on any atom is -0.478 e. The first-order chi connectivity index (χ1) is 8.21. The summed E-state index contributed by atoms with van der Waals surface area (Å²) in [4.78, 5) is 15.4. The Bertz CT molecular complexity index is 370. The average Bonchev–Trinajstić information content (AvgIpc) is 2.36. The molecule has 6 heteroatoms. The molecule has 0 fully saturated rings. The molecule has 0 aliphatic carbocycles. The maximum absolute atomic E-state index is 11.3. The highest BCUT2D eigenvalue weighted by Gasteiger charge is 2.18. The number of aliphatic hydroxyl groups is 1. The fraction of sp³-hybridized carbons (Fsp3) is 0.455. The van der Waals surface area contributed by atoms with Gasteiger partial charge in [0, 0.05) is 6.07 Å². The Morgan fingerprint density at radius 2 is 2.35 bits per heavy atom. The lowest BCUT2D eigenvalue weighted by Crippen LogP contribution is -2.34. The summed E-state index contributed by atoms with van der Waals surface area (Å²) in [6.07, 6.45) is 0. The predicted molar refractivity (Wildman–Crippen MR) is 61.9 cm³/mol. The Hall–Kier alpha value is -1.82. The fourth-order valence-corrected chi connectivity index (χ4v) is 1.22. The lowest BCUT2D eigenvalue weighted by atomic mass is 10.3. The van der Waals surface area contributed by atoms with E-state index in [0.29, 0.717) is 18.3 Å². The van der Waals surface area contributed by atoms with Crippen LogP contribution in [0.5, 0.6) is 5.88 Å². The lowest BCUT2D eigenvalue weighted by Gasteiger charge is -2.14. The van der Waals surface area contributed by atoms with Crippen LogP contribution in [0.4, 0.5) is 5.82 Å². The highest BCUT2D eigenvalue weighted by atomic mass is 16.5. The topological polar surface area (TPSA) is 80.7 Å². The van der Waals surface area contributed by atoms with Crippen LogP contribution in [0.1, 0.15) is 6.92 Å². The first kappa shape index (κ1) is 13.2. The van der Waals surface area contributed by atoms with Crippen molar-refractivity contribution in [2.45, 2.75) is 13.0 Å². The van der Waals surface area contributed by atoms with Gasteiger partial charge in [0.05, 0.1) is 20.3 Å². The number of aromatic nitrogens is 1. The van der Waals surface area contributed by atoms with Gasteiger partial charge in [-0.1, -0.05) is 6.07 Å². The summed E-state index contributed by atoms with van der Waals surface area (Å²) in [6.45, 7) is 2.00. The van der Waals surface area contributed by atoms with Crippen molar-refractivity contribution < 1.29 is 19.4 Å². The van der Waals surface area contributed by atoms with Gasteiger partial charge in [-0.3, -0.25) is 0 Å². The standard InChI is InChI=1S/C11H16N2O4/c1-3-17-10-6-4-5-9(13-10)12-8(7-14)11(15)16-2/h4-6,8,14H,3,7H2,1-2H3,(H,12,13). The Morgan fingerprint density at radius 3 is 2.94 bits per heavy atom. The van der Waals surface area contributed by atoms with E-state index in [2.05, 4.69) is 15.0 Å². The molecule has 0 aliphatic rings. The van der Waals surface area contributed by atoms with Gasteiger partial charge >= 0.3 is 5.97 Å². The molecule has 0 radical (unpaired) electrons. The van der Waals surface area contributed by atoms with Crippen molar-refractivity contribution in [1.82, 2.24) is 4.98 Å². The number of hydrogen-bond acceptors (Lipinski definition) is 6. The summed E-state index contributed by atoms with van der Waals surface area (Å²) in [7, 11) is 1.26. The monoisotopic (exact) mass is 240 g/mol. The van der Waals surface area contributed by atoms with Crippen LogP contribution in [0, 0.1) is 0 Å². The number of ether oxygens (including phenoxy) is 2. The number of pyridine rings is 1. The zero-order valence-electron chi connectivity index (χ0n) is 9.84.